The number of nitrogens with one attached hydrogen (secondary N) is 1. The summed E-state index contributed by atoms with van der Waals surface area (Å²) in [6, 6.07) is 107. The maximum atomic E-state index is 4.09. The first kappa shape index (κ1) is 44.1. The number of anilines is 7. The van der Waals surface area contributed by atoms with Crippen LogP contribution in [0.15, 0.2) is 297 Å². The van der Waals surface area contributed by atoms with E-state index in [4.69, 9.17) is 0 Å². The Balaban J connectivity index is 0.965. The maximum absolute atomic E-state index is 4.09. The second-order valence-corrected chi connectivity index (χ2v) is 18.6. The van der Waals surface area contributed by atoms with Gasteiger partial charge in [0.1, 0.15) is 0 Å². The number of fused-ring (bicyclic) bond motifs is 4. The Morgan fingerprint density at radius 3 is 1.24 bits per heavy atom. The average Bonchev–Trinajstić information content (AvgIpc) is 3.48. The lowest BCUT2D eigenvalue weighted by Gasteiger charge is -2.40. The van der Waals surface area contributed by atoms with Gasteiger partial charge in [-0.25, -0.2) is 5.01 Å². The molecule has 0 spiro atoms. The molecule has 0 aliphatic heterocycles. The number of hydrogen-bond acceptors (Lipinski definition) is 4. The molecule has 13 rings (SSSR count). The number of rotatable bonds is 12. The standard InChI is InChI=1S/C70H50N4/c1-4-20-52(21-5-1)59-46-48-67(65-34-16-14-32-63(59)65)71-74(70-49-47-60(53-22-6-2-7-23-53)64-33-15-17-35-66(64)70)73(69-37-19-27-55-25-11-13-31-62(55)69)58-44-40-51(41-45-58)50-38-42-57(43-39-50)72(56-28-8-3-9-29-56)68-36-18-26-54-24-10-12-30-61(54)68/h1-49,71H. The fourth-order valence-electron chi connectivity index (χ4n) is 10.7. The van der Waals surface area contributed by atoms with Crippen LogP contribution in [0.2, 0.25) is 0 Å². The van der Waals surface area contributed by atoms with Gasteiger partial charge in [-0.1, -0.05) is 237 Å². The second kappa shape index (κ2) is 19.4. The Morgan fingerprint density at radius 1 is 0.230 bits per heavy atom. The fraction of sp³-hybridized carbons (Fsp3) is 0. The van der Waals surface area contributed by atoms with E-state index >= 15 is 0 Å². The third-order valence-corrected chi connectivity index (χ3v) is 14.2. The van der Waals surface area contributed by atoms with E-state index in [1.807, 2.05) is 0 Å². The largest absolute Gasteiger partial charge is 0.310 e. The van der Waals surface area contributed by atoms with Crippen LogP contribution in [-0.2, 0) is 0 Å². The molecule has 0 saturated heterocycles. The van der Waals surface area contributed by atoms with E-state index in [2.05, 4.69) is 318 Å². The van der Waals surface area contributed by atoms with Crippen molar-refractivity contribution < 1.29 is 0 Å². The summed E-state index contributed by atoms with van der Waals surface area (Å²) >= 11 is 0. The number of hydrazine groups is 2. The summed E-state index contributed by atoms with van der Waals surface area (Å²) < 4.78 is 0. The highest BCUT2D eigenvalue weighted by Gasteiger charge is 2.26. The summed E-state index contributed by atoms with van der Waals surface area (Å²) in [4.78, 5) is 2.35. The molecule has 350 valence electrons. The monoisotopic (exact) mass is 946 g/mol. The second-order valence-electron chi connectivity index (χ2n) is 18.6. The van der Waals surface area contributed by atoms with Crippen molar-refractivity contribution in [1.82, 2.24) is 0 Å². The molecule has 4 heteroatoms. The molecular formula is C70H50N4. The molecule has 0 aliphatic rings. The summed E-state index contributed by atoms with van der Waals surface area (Å²) in [5.41, 5.74) is 18.4. The summed E-state index contributed by atoms with van der Waals surface area (Å²) in [7, 11) is 0. The van der Waals surface area contributed by atoms with Gasteiger partial charge in [-0.05, 0) is 116 Å². The van der Waals surface area contributed by atoms with Crippen LogP contribution in [0.3, 0.4) is 0 Å². The lowest BCUT2D eigenvalue weighted by molar-refractivity contribution is 0.931. The molecule has 0 fully saturated rings. The van der Waals surface area contributed by atoms with Crippen molar-refractivity contribution in [3.05, 3.63) is 297 Å². The molecule has 74 heavy (non-hydrogen) atoms. The van der Waals surface area contributed by atoms with Crippen molar-refractivity contribution >= 4 is 82.9 Å². The predicted octanol–water partition coefficient (Wildman–Crippen LogP) is 19.4. The normalized spacial score (nSPS) is 11.2. The molecule has 0 radical (unpaired) electrons. The topological polar surface area (TPSA) is 21.8 Å². The SMILES string of the molecule is c1ccc(-c2ccc(NN(c3ccc(-c4ccccc4)c4ccccc34)N(c3ccc(-c4ccc(N(c5ccccc5)c5cccc6ccccc56)cc4)cc3)c3cccc4ccccc34)c3ccccc23)cc1. The quantitative estimate of drug-likeness (QED) is 0.123. The molecule has 0 atom stereocenters. The molecule has 0 aliphatic carbocycles. The lowest BCUT2D eigenvalue weighted by atomic mass is 9.97. The van der Waals surface area contributed by atoms with Gasteiger partial charge in [0.15, 0.2) is 0 Å². The first-order valence-electron chi connectivity index (χ1n) is 25.3. The van der Waals surface area contributed by atoms with Crippen molar-refractivity contribution in [2.75, 3.05) is 20.5 Å². The van der Waals surface area contributed by atoms with Crippen LogP contribution in [0.1, 0.15) is 0 Å². The van der Waals surface area contributed by atoms with E-state index in [1.165, 1.54) is 38.4 Å². The minimum absolute atomic E-state index is 0.978. The number of nitrogens with zero attached hydrogens (tertiary/aromatic N) is 3. The van der Waals surface area contributed by atoms with E-state index < -0.39 is 0 Å². The molecular weight excluding hydrogens is 897 g/mol. The van der Waals surface area contributed by atoms with Gasteiger partial charge in [0.2, 0.25) is 0 Å². The first-order valence-corrected chi connectivity index (χ1v) is 25.3. The van der Waals surface area contributed by atoms with Crippen LogP contribution in [0.25, 0.3) is 76.5 Å². The molecule has 0 unspecified atom stereocenters. The van der Waals surface area contributed by atoms with Crippen molar-refractivity contribution in [3.8, 4) is 33.4 Å². The zero-order valence-electron chi connectivity index (χ0n) is 40.6. The summed E-state index contributed by atoms with van der Waals surface area (Å²) in [5.74, 6) is 0. The van der Waals surface area contributed by atoms with Gasteiger partial charge in [0.05, 0.1) is 28.4 Å². The zero-order valence-corrected chi connectivity index (χ0v) is 40.6. The van der Waals surface area contributed by atoms with E-state index in [0.717, 1.165) is 77.9 Å². The summed E-state index contributed by atoms with van der Waals surface area (Å²) in [5, 5.41) is 13.9. The van der Waals surface area contributed by atoms with Crippen molar-refractivity contribution in [1.29, 1.82) is 0 Å². The predicted molar refractivity (Wildman–Crippen MR) is 315 cm³/mol. The molecule has 13 aromatic rings. The maximum Gasteiger partial charge on any atom is 0.0896 e. The highest BCUT2D eigenvalue weighted by molar-refractivity contribution is 6.08. The van der Waals surface area contributed by atoms with Gasteiger partial charge in [-0.2, -0.15) is 5.12 Å². The van der Waals surface area contributed by atoms with E-state index in [9.17, 15) is 0 Å². The van der Waals surface area contributed by atoms with Crippen LogP contribution < -0.4 is 20.5 Å². The Bertz CT molecular complexity index is 4090. The third kappa shape index (κ3) is 8.20. The van der Waals surface area contributed by atoms with Crippen LogP contribution in [0.4, 0.5) is 39.8 Å². The van der Waals surface area contributed by atoms with Crippen LogP contribution in [0.5, 0.6) is 0 Å². The average molecular weight is 947 g/mol. The van der Waals surface area contributed by atoms with Gasteiger partial charge in [0.25, 0.3) is 0 Å². The smallest absolute Gasteiger partial charge is 0.0896 e. The molecule has 0 bridgehead atoms. The van der Waals surface area contributed by atoms with E-state index in [-0.39, 0.29) is 0 Å². The van der Waals surface area contributed by atoms with Gasteiger partial charge in [-0.15, -0.1) is 0 Å². The third-order valence-electron chi connectivity index (χ3n) is 14.2. The molecule has 1 N–H and O–H groups in total. The van der Waals surface area contributed by atoms with Crippen molar-refractivity contribution in [2.24, 2.45) is 0 Å². The summed E-state index contributed by atoms with van der Waals surface area (Å²) in [6.45, 7) is 0. The molecule has 0 saturated carbocycles. The summed E-state index contributed by atoms with van der Waals surface area (Å²) in [6.07, 6.45) is 0. The van der Waals surface area contributed by atoms with Gasteiger partial charge in [-0.3, -0.25) is 5.43 Å². The Kier molecular flexibility index (Phi) is 11.5. The Labute approximate surface area is 431 Å². The lowest BCUT2D eigenvalue weighted by Crippen LogP contribution is -2.44. The van der Waals surface area contributed by atoms with Gasteiger partial charge >= 0.3 is 0 Å². The Hall–Kier alpha value is -9.90. The fourth-order valence-corrected chi connectivity index (χ4v) is 10.7. The Morgan fingerprint density at radius 2 is 0.649 bits per heavy atom. The van der Waals surface area contributed by atoms with Crippen molar-refractivity contribution in [3.63, 3.8) is 0 Å². The molecule has 0 aromatic heterocycles. The highest BCUT2D eigenvalue weighted by atomic mass is 15.8. The van der Waals surface area contributed by atoms with Crippen LogP contribution >= 0.6 is 0 Å². The van der Waals surface area contributed by atoms with Gasteiger partial charge < -0.3 is 4.90 Å². The molecule has 4 nitrogen and oxygen atoms in total. The van der Waals surface area contributed by atoms with Gasteiger partial charge in [0, 0.05) is 32.9 Å². The number of benzene rings is 13. The number of para-hydroxylation sites is 1. The van der Waals surface area contributed by atoms with E-state index in [1.54, 1.807) is 0 Å². The highest BCUT2D eigenvalue weighted by Crippen LogP contribution is 2.44. The molecule has 13 aromatic carbocycles. The van der Waals surface area contributed by atoms with Crippen LogP contribution in [0, 0.1) is 0 Å². The number of hydrogen-bond donors (Lipinski definition) is 1. The zero-order chi connectivity index (χ0) is 49.2. The minimum Gasteiger partial charge on any atom is -0.310 e. The minimum atomic E-state index is 0.978. The molecule has 0 heterocycles. The van der Waals surface area contributed by atoms with Crippen molar-refractivity contribution in [2.45, 2.75) is 0 Å². The van der Waals surface area contributed by atoms with Crippen LogP contribution in [-0.4, -0.2) is 0 Å². The molecule has 0 amide bonds. The van der Waals surface area contributed by atoms with E-state index in [0.29, 0.717) is 0 Å². The first-order chi connectivity index (χ1) is 36.7.